The van der Waals surface area contributed by atoms with E-state index in [1.807, 2.05) is 12.1 Å². The van der Waals surface area contributed by atoms with Crippen LogP contribution in [0.5, 0.6) is 17.2 Å². The van der Waals surface area contributed by atoms with Crippen LogP contribution in [0, 0.1) is 12.3 Å². The molecule has 4 rings (SSSR count). The third-order valence-electron chi connectivity index (χ3n) is 6.03. The van der Waals surface area contributed by atoms with Crippen LogP contribution in [0.2, 0.25) is 0 Å². The van der Waals surface area contributed by atoms with Gasteiger partial charge < -0.3 is 19.3 Å². The average molecular weight is 383 g/mol. The van der Waals surface area contributed by atoms with Crippen molar-refractivity contribution in [3.8, 4) is 17.2 Å². The molecule has 1 atom stereocenters. The van der Waals surface area contributed by atoms with E-state index in [-0.39, 0.29) is 18.8 Å². The topological polar surface area (TPSA) is 51.2 Å². The Morgan fingerprint density at radius 2 is 2.07 bits per heavy atom. The fourth-order valence-electron chi connectivity index (χ4n) is 4.52. The third-order valence-corrected chi connectivity index (χ3v) is 6.03. The zero-order valence-corrected chi connectivity index (χ0v) is 16.7. The van der Waals surface area contributed by atoms with Gasteiger partial charge in [-0.25, -0.2) is 0 Å². The summed E-state index contributed by atoms with van der Waals surface area (Å²) in [5.41, 5.74) is 3.69. The van der Waals surface area contributed by atoms with E-state index in [0.29, 0.717) is 5.75 Å². The van der Waals surface area contributed by atoms with E-state index in [0.717, 1.165) is 56.0 Å². The summed E-state index contributed by atoms with van der Waals surface area (Å²) in [4.78, 5) is 2.44. The molecule has 0 bridgehead atoms. The Morgan fingerprint density at radius 3 is 2.86 bits per heavy atom. The monoisotopic (exact) mass is 383 g/mol. The molecular weight excluding hydrogens is 354 g/mol. The lowest BCUT2D eigenvalue weighted by Crippen LogP contribution is -2.46. The lowest BCUT2D eigenvalue weighted by atomic mass is 9.75. The Hall–Kier alpha value is -2.24. The van der Waals surface area contributed by atoms with Crippen molar-refractivity contribution in [2.45, 2.75) is 32.7 Å². The number of piperidine rings is 1. The first-order valence-electron chi connectivity index (χ1n) is 9.97. The third kappa shape index (κ3) is 3.82. The van der Waals surface area contributed by atoms with Crippen LogP contribution in [0.4, 0.5) is 0 Å². The second-order valence-corrected chi connectivity index (χ2v) is 8.11. The number of hydrogen-bond acceptors (Lipinski definition) is 5. The van der Waals surface area contributed by atoms with Crippen molar-refractivity contribution in [1.29, 1.82) is 0 Å². The predicted octanol–water partition coefficient (Wildman–Crippen LogP) is 3.55. The molecule has 0 spiro atoms. The lowest BCUT2D eigenvalue weighted by Gasteiger charge is -2.42. The summed E-state index contributed by atoms with van der Waals surface area (Å²) in [7, 11) is 1.65. The molecule has 0 aliphatic carbocycles. The first-order chi connectivity index (χ1) is 13.6. The molecule has 1 N–H and O–H groups in total. The van der Waals surface area contributed by atoms with Crippen molar-refractivity contribution in [2.75, 3.05) is 33.6 Å². The Morgan fingerprint density at radius 1 is 1.21 bits per heavy atom. The van der Waals surface area contributed by atoms with Crippen LogP contribution in [-0.4, -0.2) is 43.6 Å². The molecule has 5 heteroatoms. The summed E-state index contributed by atoms with van der Waals surface area (Å²) in [6.45, 7) is 5.33. The maximum Gasteiger partial charge on any atom is 0.231 e. The van der Waals surface area contributed by atoms with Crippen LogP contribution >= 0.6 is 0 Å². The van der Waals surface area contributed by atoms with E-state index in [1.165, 1.54) is 11.1 Å². The van der Waals surface area contributed by atoms with E-state index in [9.17, 15) is 5.11 Å². The number of aliphatic hydroxyl groups excluding tert-OH is 1. The highest BCUT2D eigenvalue weighted by molar-refractivity contribution is 5.55. The Labute approximate surface area is 166 Å². The van der Waals surface area contributed by atoms with Crippen LogP contribution in [0.1, 0.15) is 29.5 Å². The van der Waals surface area contributed by atoms with Crippen molar-refractivity contribution >= 4 is 0 Å². The van der Waals surface area contributed by atoms with Crippen LogP contribution in [0.15, 0.2) is 36.4 Å². The number of aliphatic hydroxyl groups is 1. The summed E-state index contributed by atoms with van der Waals surface area (Å²) >= 11 is 0. The molecule has 0 radical (unpaired) electrons. The van der Waals surface area contributed by atoms with Gasteiger partial charge in [0.15, 0.2) is 11.5 Å². The molecule has 1 saturated heterocycles. The number of nitrogens with zero attached hydrogens (tertiary/aromatic N) is 1. The summed E-state index contributed by atoms with van der Waals surface area (Å²) in [5, 5.41) is 10.3. The molecular formula is C23H29NO4. The van der Waals surface area contributed by atoms with Gasteiger partial charge >= 0.3 is 0 Å². The van der Waals surface area contributed by atoms with Gasteiger partial charge in [-0.15, -0.1) is 0 Å². The number of aryl methyl sites for hydroxylation is 1. The van der Waals surface area contributed by atoms with Gasteiger partial charge in [0, 0.05) is 18.5 Å². The Balaban J connectivity index is 1.51. The van der Waals surface area contributed by atoms with Crippen LogP contribution in [0.25, 0.3) is 0 Å². The highest BCUT2D eigenvalue weighted by Gasteiger charge is 2.35. The van der Waals surface area contributed by atoms with Crippen LogP contribution in [-0.2, 0) is 13.0 Å². The van der Waals surface area contributed by atoms with Crippen molar-refractivity contribution in [2.24, 2.45) is 5.41 Å². The van der Waals surface area contributed by atoms with Crippen LogP contribution < -0.4 is 14.2 Å². The van der Waals surface area contributed by atoms with Gasteiger partial charge in [0.2, 0.25) is 12.5 Å². The van der Waals surface area contributed by atoms with Gasteiger partial charge in [-0.3, -0.25) is 4.90 Å². The molecule has 1 fully saturated rings. The number of hydrogen-bond donors (Lipinski definition) is 1. The highest BCUT2D eigenvalue weighted by Crippen LogP contribution is 2.42. The van der Waals surface area contributed by atoms with E-state index in [4.69, 9.17) is 14.2 Å². The zero-order chi connectivity index (χ0) is 19.6. The molecule has 5 nitrogen and oxygen atoms in total. The maximum atomic E-state index is 10.3. The van der Waals surface area contributed by atoms with E-state index < -0.39 is 0 Å². The van der Waals surface area contributed by atoms with Crippen molar-refractivity contribution in [1.82, 2.24) is 4.90 Å². The van der Waals surface area contributed by atoms with Gasteiger partial charge in [-0.2, -0.15) is 0 Å². The molecule has 2 aliphatic heterocycles. The van der Waals surface area contributed by atoms with Gasteiger partial charge in [-0.1, -0.05) is 24.3 Å². The fourth-order valence-corrected chi connectivity index (χ4v) is 4.52. The minimum absolute atomic E-state index is 0.0925. The van der Waals surface area contributed by atoms with E-state index >= 15 is 0 Å². The number of likely N-dealkylation sites (tertiary alicyclic amines) is 1. The quantitative estimate of drug-likeness (QED) is 0.827. The number of ether oxygens (including phenoxy) is 3. The summed E-state index contributed by atoms with van der Waals surface area (Å²) in [6.07, 6.45) is 3.06. The molecule has 150 valence electrons. The largest absolute Gasteiger partial charge is 0.493 e. The molecule has 28 heavy (non-hydrogen) atoms. The smallest absolute Gasteiger partial charge is 0.231 e. The minimum Gasteiger partial charge on any atom is -0.493 e. The molecule has 2 aliphatic rings. The van der Waals surface area contributed by atoms with Gasteiger partial charge in [-0.05, 0) is 61.6 Å². The Bertz CT molecular complexity index is 837. The average Bonchev–Trinajstić information content (AvgIpc) is 3.18. The first kappa shape index (κ1) is 19.1. The molecule has 0 amide bonds. The number of benzene rings is 2. The van der Waals surface area contributed by atoms with Gasteiger partial charge in [0.25, 0.3) is 0 Å². The van der Waals surface area contributed by atoms with E-state index in [1.54, 1.807) is 7.11 Å². The van der Waals surface area contributed by atoms with Crippen molar-refractivity contribution in [3.05, 3.63) is 53.1 Å². The zero-order valence-electron chi connectivity index (χ0n) is 16.7. The van der Waals surface area contributed by atoms with Crippen LogP contribution in [0.3, 0.4) is 0 Å². The molecule has 2 aromatic rings. The van der Waals surface area contributed by atoms with Gasteiger partial charge in [0.1, 0.15) is 0 Å². The highest BCUT2D eigenvalue weighted by atomic mass is 16.7. The number of methoxy groups -OCH3 is 1. The predicted molar refractivity (Wildman–Crippen MR) is 108 cm³/mol. The number of fused-ring (bicyclic) bond motifs is 1. The fraction of sp³-hybridized carbons (Fsp3) is 0.478. The van der Waals surface area contributed by atoms with Gasteiger partial charge in [0.05, 0.1) is 13.7 Å². The normalized spacial score (nSPS) is 21.7. The summed E-state index contributed by atoms with van der Waals surface area (Å²) in [6, 6.07) is 12.6. The standard InChI is InChI=1S/C23H29NO4/c1-17-6-3-4-7-19(17)12-23(15-25)8-5-9-24(14-23)13-18-10-20(26-2)22-21(11-18)27-16-28-22/h3-4,6-7,10-11,25H,5,8-9,12-16H2,1-2H3/t23-/m1/s1. The van der Waals surface area contributed by atoms with Crippen molar-refractivity contribution < 1.29 is 19.3 Å². The second kappa shape index (κ2) is 8.02. The molecule has 2 heterocycles. The molecule has 0 aromatic heterocycles. The van der Waals surface area contributed by atoms with E-state index in [2.05, 4.69) is 36.1 Å². The first-order valence-corrected chi connectivity index (χ1v) is 9.97. The summed E-state index contributed by atoms with van der Waals surface area (Å²) < 4.78 is 16.5. The number of rotatable bonds is 6. The minimum atomic E-state index is -0.0925. The maximum absolute atomic E-state index is 10.3. The molecule has 2 aromatic carbocycles. The SMILES string of the molecule is COc1cc(CN2CCC[C@@](CO)(Cc3ccccc3C)C2)cc2c1OCO2. The van der Waals surface area contributed by atoms with Crippen molar-refractivity contribution in [3.63, 3.8) is 0 Å². The second-order valence-electron chi connectivity index (χ2n) is 8.11. The Kier molecular flexibility index (Phi) is 5.47. The molecule has 0 saturated carbocycles. The lowest BCUT2D eigenvalue weighted by molar-refractivity contribution is 0.0287. The molecule has 0 unspecified atom stereocenters. The summed E-state index contributed by atoms with van der Waals surface area (Å²) in [5.74, 6) is 2.16.